The molecule has 0 bridgehead atoms. The van der Waals surface area contributed by atoms with Crippen molar-refractivity contribution in [3.63, 3.8) is 0 Å². The third kappa shape index (κ3) is 207. The van der Waals surface area contributed by atoms with Gasteiger partial charge in [-0.25, -0.2) is 0 Å². The normalized spacial score (nSPS) is 8.77. The SMILES string of the molecule is CCCCC.OP(O)O.OP(O)O. The number of unbranched alkanes of at least 4 members (excludes halogenated alkanes) is 2. The van der Waals surface area contributed by atoms with Crippen LogP contribution >= 0.6 is 17.2 Å². The molecule has 0 spiro atoms. The van der Waals surface area contributed by atoms with Gasteiger partial charge in [-0.05, 0) is 0 Å². The standard InChI is InChI=1S/C5H12.2H3O3P/c1-3-5-4-2;2*1-4(2)3/h3-5H2,1-2H3;2*1-3H. The second-order valence-corrected chi connectivity index (χ2v) is 2.96. The molecule has 0 aromatic rings. The molecule has 0 aromatic carbocycles. The zero-order valence-electron chi connectivity index (χ0n) is 7.70. The Morgan fingerprint density at radius 2 is 0.846 bits per heavy atom. The topological polar surface area (TPSA) is 121 Å². The minimum absolute atomic E-state index is 1.34. The summed E-state index contributed by atoms with van der Waals surface area (Å²) in [4.78, 5) is 43.4. The summed E-state index contributed by atoms with van der Waals surface area (Å²) in [6.07, 6.45) is 4.08. The van der Waals surface area contributed by atoms with Crippen molar-refractivity contribution >= 4 is 17.2 Å². The van der Waals surface area contributed by atoms with E-state index in [0.717, 1.165) is 0 Å². The van der Waals surface area contributed by atoms with Gasteiger partial charge in [0.2, 0.25) is 0 Å². The molecule has 0 rings (SSSR count). The average Bonchev–Trinajstić information content (AvgIpc) is 1.86. The number of hydrogen-bond acceptors (Lipinski definition) is 6. The van der Waals surface area contributed by atoms with Gasteiger partial charge in [0.1, 0.15) is 0 Å². The van der Waals surface area contributed by atoms with Crippen LogP contribution in [0.2, 0.25) is 0 Å². The zero-order valence-corrected chi connectivity index (χ0v) is 9.49. The molecule has 0 saturated carbocycles. The highest BCUT2D eigenvalue weighted by molar-refractivity contribution is 7.38. The van der Waals surface area contributed by atoms with Gasteiger partial charge in [-0.15, -0.1) is 0 Å². The fourth-order valence-corrected chi connectivity index (χ4v) is 0.354. The minimum Gasteiger partial charge on any atom is -0.328 e. The lowest BCUT2D eigenvalue weighted by molar-refractivity contribution is 0.366. The van der Waals surface area contributed by atoms with Crippen LogP contribution in [0.15, 0.2) is 0 Å². The maximum absolute atomic E-state index is 7.23. The van der Waals surface area contributed by atoms with Crippen LogP contribution in [-0.4, -0.2) is 29.4 Å². The summed E-state index contributed by atoms with van der Waals surface area (Å²) in [5.41, 5.74) is 0. The van der Waals surface area contributed by atoms with E-state index in [1.54, 1.807) is 0 Å². The van der Waals surface area contributed by atoms with Gasteiger partial charge in [-0.3, -0.25) is 0 Å². The van der Waals surface area contributed by atoms with E-state index in [1.165, 1.54) is 19.3 Å². The van der Waals surface area contributed by atoms with Crippen molar-refractivity contribution in [3.8, 4) is 0 Å². The summed E-state index contributed by atoms with van der Waals surface area (Å²) >= 11 is 0. The Bertz CT molecular complexity index is 58.5. The summed E-state index contributed by atoms with van der Waals surface area (Å²) in [6.45, 7) is 4.42. The third-order valence-electron chi connectivity index (χ3n) is 0.707. The van der Waals surface area contributed by atoms with Crippen LogP contribution in [0, 0.1) is 0 Å². The fraction of sp³-hybridized carbons (Fsp3) is 1.00. The third-order valence-corrected chi connectivity index (χ3v) is 0.707. The van der Waals surface area contributed by atoms with E-state index in [1.807, 2.05) is 0 Å². The van der Waals surface area contributed by atoms with E-state index < -0.39 is 17.2 Å². The Morgan fingerprint density at radius 1 is 0.692 bits per heavy atom. The Labute approximate surface area is 80.5 Å². The van der Waals surface area contributed by atoms with Gasteiger partial charge in [0.25, 0.3) is 0 Å². The molecule has 8 heteroatoms. The van der Waals surface area contributed by atoms with Crippen molar-refractivity contribution in [2.75, 3.05) is 0 Å². The molecular weight excluding hydrogens is 218 g/mol. The molecule has 0 radical (unpaired) electrons. The van der Waals surface area contributed by atoms with Gasteiger partial charge < -0.3 is 29.4 Å². The van der Waals surface area contributed by atoms with Crippen molar-refractivity contribution in [3.05, 3.63) is 0 Å². The molecule has 0 atom stereocenters. The Hall–Kier alpha value is 0.620. The molecule has 6 N–H and O–H groups in total. The quantitative estimate of drug-likeness (QED) is 0.390. The van der Waals surface area contributed by atoms with E-state index in [9.17, 15) is 0 Å². The molecule has 13 heavy (non-hydrogen) atoms. The summed E-state index contributed by atoms with van der Waals surface area (Å²) in [5.74, 6) is 0. The van der Waals surface area contributed by atoms with Crippen LogP contribution in [0.25, 0.3) is 0 Å². The Kier molecular flexibility index (Phi) is 27.2. The van der Waals surface area contributed by atoms with Crippen molar-refractivity contribution in [2.45, 2.75) is 33.1 Å². The van der Waals surface area contributed by atoms with Crippen molar-refractivity contribution < 1.29 is 29.4 Å². The molecule has 0 fully saturated rings. The van der Waals surface area contributed by atoms with Gasteiger partial charge >= 0.3 is 17.2 Å². The summed E-state index contributed by atoms with van der Waals surface area (Å²) in [6, 6.07) is 0. The van der Waals surface area contributed by atoms with Crippen LogP contribution in [0.4, 0.5) is 0 Å². The van der Waals surface area contributed by atoms with Crippen LogP contribution in [0.5, 0.6) is 0 Å². The van der Waals surface area contributed by atoms with Crippen LogP contribution in [0.3, 0.4) is 0 Å². The monoisotopic (exact) mass is 236 g/mol. The van der Waals surface area contributed by atoms with Gasteiger partial charge in [0.15, 0.2) is 0 Å². The number of hydrogen-bond donors (Lipinski definition) is 6. The van der Waals surface area contributed by atoms with Crippen molar-refractivity contribution in [1.82, 2.24) is 0 Å². The van der Waals surface area contributed by atoms with Crippen molar-refractivity contribution in [2.24, 2.45) is 0 Å². The van der Waals surface area contributed by atoms with E-state index in [2.05, 4.69) is 13.8 Å². The highest BCUT2D eigenvalue weighted by Crippen LogP contribution is 2.12. The van der Waals surface area contributed by atoms with E-state index >= 15 is 0 Å². The molecule has 0 unspecified atom stereocenters. The first-order valence-electron chi connectivity index (χ1n) is 3.61. The molecule has 84 valence electrons. The first kappa shape index (κ1) is 19.2. The minimum atomic E-state index is -2.62. The molecule has 0 saturated heterocycles. The van der Waals surface area contributed by atoms with Crippen LogP contribution in [-0.2, 0) is 0 Å². The first-order valence-corrected chi connectivity index (χ1v) is 6.01. The second-order valence-electron chi connectivity index (χ2n) is 1.89. The highest BCUT2D eigenvalue weighted by Gasteiger charge is 1.76. The van der Waals surface area contributed by atoms with Gasteiger partial charge in [0.05, 0.1) is 0 Å². The maximum atomic E-state index is 7.23. The van der Waals surface area contributed by atoms with E-state index in [0.29, 0.717) is 0 Å². The molecular formula is C5H18O6P2. The van der Waals surface area contributed by atoms with Crippen molar-refractivity contribution in [1.29, 1.82) is 0 Å². The largest absolute Gasteiger partial charge is 0.328 e. The average molecular weight is 236 g/mol. The lowest BCUT2D eigenvalue weighted by Crippen LogP contribution is -1.59. The molecule has 0 aromatic heterocycles. The smallest absolute Gasteiger partial charge is 0.324 e. The molecule has 0 aliphatic rings. The maximum Gasteiger partial charge on any atom is 0.324 e. The van der Waals surface area contributed by atoms with E-state index in [-0.39, 0.29) is 0 Å². The Balaban J connectivity index is -0.000000117. The van der Waals surface area contributed by atoms with E-state index in [4.69, 9.17) is 29.4 Å². The second kappa shape index (κ2) is 18.4. The Morgan fingerprint density at radius 3 is 0.846 bits per heavy atom. The first-order chi connectivity index (χ1) is 5.88. The number of rotatable bonds is 2. The van der Waals surface area contributed by atoms with Gasteiger partial charge in [-0.2, -0.15) is 0 Å². The molecule has 0 amide bonds. The predicted octanol–water partition coefficient (Wildman–Crippen LogP) is 0.577. The molecule has 0 aliphatic heterocycles. The van der Waals surface area contributed by atoms with Gasteiger partial charge in [-0.1, -0.05) is 33.1 Å². The molecule has 0 aliphatic carbocycles. The molecule has 0 heterocycles. The van der Waals surface area contributed by atoms with Crippen LogP contribution < -0.4 is 0 Å². The highest BCUT2D eigenvalue weighted by atomic mass is 31.2. The summed E-state index contributed by atoms with van der Waals surface area (Å²) < 4.78 is 0. The lowest BCUT2D eigenvalue weighted by Gasteiger charge is -1.79. The predicted molar refractivity (Wildman–Crippen MR) is 52.4 cm³/mol. The molecule has 6 nitrogen and oxygen atoms in total. The lowest BCUT2D eigenvalue weighted by atomic mass is 10.3. The zero-order chi connectivity index (χ0) is 11.3. The van der Waals surface area contributed by atoms with Crippen LogP contribution in [0.1, 0.15) is 33.1 Å². The summed E-state index contributed by atoms with van der Waals surface area (Å²) in [7, 11) is -5.24. The fourth-order valence-electron chi connectivity index (χ4n) is 0.354. The van der Waals surface area contributed by atoms with Gasteiger partial charge in [0, 0.05) is 0 Å². The summed E-state index contributed by atoms with van der Waals surface area (Å²) in [5, 5.41) is 0.